The van der Waals surface area contributed by atoms with E-state index in [9.17, 15) is 9.50 Å². The molecule has 0 aromatic heterocycles. The summed E-state index contributed by atoms with van der Waals surface area (Å²) in [5, 5.41) is 15.8. The Morgan fingerprint density at radius 2 is 1.79 bits per heavy atom. The molecule has 0 saturated carbocycles. The van der Waals surface area contributed by atoms with E-state index in [2.05, 4.69) is 10.6 Å². The number of nitrogens with one attached hydrogen (secondary N) is 2. The first-order valence-electron chi connectivity index (χ1n) is 5.68. The van der Waals surface area contributed by atoms with E-state index in [4.69, 9.17) is 12.2 Å². The summed E-state index contributed by atoms with van der Waals surface area (Å²) < 4.78 is 12.8. The van der Waals surface area contributed by atoms with Crippen LogP contribution < -0.4 is 10.6 Å². The van der Waals surface area contributed by atoms with Gasteiger partial charge in [0.2, 0.25) is 0 Å². The van der Waals surface area contributed by atoms with E-state index in [0.717, 1.165) is 5.56 Å². The number of thiocarbonyl (C=S) groups is 1. The first-order chi connectivity index (χ1) is 9.04. The van der Waals surface area contributed by atoms with Gasteiger partial charge in [0.25, 0.3) is 0 Å². The lowest BCUT2D eigenvalue weighted by atomic mass is 10.2. The molecule has 0 radical (unpaired) electrons. The highest BCUT2D eigenvalue weighted by molar-refractivity contribution is 7.80. The van der Waals surface area contributed by atoms with Crippen LogP contribution in [0.1, 0.15) is 5.56 Å². The van der Waals surface area contributed by atoms with Crippen LogP contribution in [0.5, 0.6) is 5.75 Å². The van der Waals surface area contributed by atoms with Gasteiger partial charge in [0, 0.05) is 5.69 Å². The number of halogens is 1. The van der Waals surface area contributed by atoms with Crippen LogP contribution in [0.4, 0.5) is 15.8 Å². The number of hydrogen-bond donors (Lipinski definition) is 3. The highest BCUT2D eigenvalue weighted by Gasteiger charge is 2.04. The van der Waals surface area contributed by atoms with E-state index >= 15 is 0 Å². The molecular formula is C14H13FN2OS. The second-order valence-corrected chi connectivity index (χ2v) is 4.51. The van der Waals surface area contributed by atoms with Crippen LogP contribution in [0.2, 0.25) is 0 Å². The van der Waals surface area contributed by atoms with E-state index in [1.807, 2.05) is 6.92 Å². The number of rotatable bonds is 2. The zero-order chi connectivity index (χ0) is 13.8. The van der Waals surface area contributed by atoms with Crippen molar-refractivity contribution in [1.29, 1.82) is 0 Å². The van der Waals surface area contributed by atoms with Crippen LogP contribution in [0.3, 0.4) is 0 Å². The Hall–Kier alpha value is -2.14. The molecule has 0 atom stereocenters. The van der Waals surface area contributed by atoms with Gasteiger partial charge in [-0.2, -0.15) is 0 Å². The second kappa shape index (κ2) is 5.67. The first-order valence-corrected chi connectivity index (χ1v) is 6.08. The molecule has 98 valence electrons. The Labute approximate surface area is 116 Å². The summed E-state index contributed by atoms with van der Waals surface area (Å²) in [5.41, 5.74) is 2.20. The number of phenolic OH excluding ortho intramolecular Hbond substituents is 1. The molecule has 5 heteroatoms. The van der Waals surface area contributed by atoms with Crippen molar-refractivity contribution in [2.45, 2.75) is 6.92 Å². The molecule has 0 aliphatic rings. The summed E-state index contributed by atoms with van der Waals surface area (Å²) in [6, 6.07) is 11.0. The van der Waals surface area contributed by atoms with Gasteiger partial charge in [-0.05, 0) is 61.1 Å². The number of aryl methyl sites for hydroxylation is 1. The van der Waals surface area contributed by atoms with Crippen LogP contribution in [0.15, 0.2) is 42.5 Å². The van der Waals surface area contributed by atoms with Gasteiger partial charge in [0.15, 0.2) is 5.11 Å². The Bertz CT molecular complexity index is 599. The number of aromatic hydroxyl groups is 1. The van der Waals surface area contributed by atoms with Crippen molar-refractivity contribution in [3.63, 3.8) is 0 Å². The first kappa shape index (κ1) is 13.3. The fourth-order valence-electron chi connectivity index (χ4n) is 1.57. The maximum absolute atomic E-state index is 12.8. The normalized spacial score (nSPS) is 10.0. The molecule has 19 heavy (non-hydrogen) atoms. The number of benzene rings is 2. The van der Waals surface area contributed by atoms with Crippen LogP contribution in [-0.2, 0) is 0 Å². The molecule has 2 rings (SSSR count). The predicted molar refractivity (Wildman–Crippen MR) is 79.1 cm³/mol. The highest BCUT2D eigenvalue weighted by atomic mass is 32.1. The zero-order valence-electron chi connectivity index (χ0n) is 10.3. The maximum atomic E-state index is 12.8. The highest BCUT2D eigenvalue weighted by Crippen LogP contribution is 2.24. The molecule has 2 aromatic carbocycles. The van der Waals surface area contributed by atoms with Crippen molar-refractivity contribution in [2.24, 2.45) is 0 Å². The average Bonchev–Trinajstić information content (AvgIpc) is 2.37. The molecule has 3 nitrogen and oxygen atoms in total. The molecule has 3 N–H and O–H groups in total. The lowest BCUT2D eigenvalue weighted by Gasteiger charge is -2.12. The number of hydrogen-bond acceptors (Lipinski definition) is 2. The summed E-state index contributed by atoms with van der Waals surface area (Å²) in [6.45, 7) is 1.92. The van der Waals surface area contributed by atoms with Gasteiger partial charge in [-0.3, -0.25) is 0 Å². The van der Waals surface area contributed by atoms with Crippen LogP contribution >= 0.6 is 12.2 Å². The minimum atomic E-state index is -0.305. The van der Waals surface area contributed by atoms with Crippen molar-refractivity contribution >= 4 is 28.7 Å². The molecule has 0 heterocycles. The van der Waals surface area contributed by atoms with Crippen molar-refractivity contribution in [3.05, 3.63) is 53.8 Å². The topological polar surface area (TPSA) is 44.3 Å². The molecule has 0 fully saturated rings. The third-order valence-electron chi connectivity index (χ3n) is 2.50. The Morgan fingerprint density at radius 3 is 2.47 bits per heavy atom. The summed E-state index contributed by atoms with van der Waals surface area (Å²) in [4.78, 5) is 0. The SMILES string of the molecule is Cc1ccc(O)c(NC(=S)Nc2ccc(F)cc2)c1. The molecule has 0 aliphatic carbocycles. The Balaban J connectivity index is 2.05. The molecule has 0 spiro atoms. The van der Waals surface area contributed by atoms with Crippen molar-refractivity contribution in [2.75, 3.05) is 10.6 Å². The molecular weight excluding hydrogens is 263 g/mol. The molecule has 0 bridgehead atoms. The second-order valence-electron chi connectivity index (χ2n) is 4.11. The molecule has 2 aromatic rings. The van der Waals surface area contributed by atoms with Gasteiger partial charge in [-0.15, -0.1) is 0 Å². The zero-order valence-corrected chi connectivity index (χ0v) is 11.1. The van der Waals surface area contributed by atoms with E-state index in [1.54, 1.807) is 30.3 Å². The fraction of sp³-hybridized carbons (Fsp3) is 0.0714. The summed E-state index contributed by atoms with van der Waals surface area (Å²) in [5.74, 6) is -0.186. The van der Waals surface area contributed by atoms with E-state index in [0.29, 0.717) is 16.5 Å². The average molecular weight is 276 g/mol. The molecule has 0 amide bonds. The predicted octanol–water partition coefficient (Wildman–Crippen LogP) is 3.65. The van der Waals surface area contributed by atoms with E-state index in [1.165, 1.54) is 12.1 Å². The van der Waals surface area contributed by atoms with Crippen molar-refractivity contribution in [3.8, 4) is 5.75 Å². The van der Waals surface area contributed by atoms with Gasteiger partial charge >= 0.3 is 0 Å². The minimum absolute atomic E-state index is 0.119. The standard InChI is InChI=1S/C14H13FN2OS/c1-9-2-7-13(18)12(8-9)17-14(19)16-11-5-3-10(15)4-6-11/h2-8,18H,1H3,(H2,16,17,19). The lowest BCUT2D eigenvalue weighted by Crippen LogP contribution is -2.19. The van der Waals surface area contributed by atoms with Gasteiger partial charge in [0.1, 0.15) is 11.6 Å². The van der Waals surface area contributed by atoms with Gasteiger partial charge in [-0.25, -0.2) is 4.39 Å². The van der Waals surface area contributed by atoms with Crippen LogP contribution in [-0.4, -0.2) is 10.2 Å². The molecule has 0 saturated heterocycles. The third kappa shape index (κ3) is 3.66. The van der Waals surface area contributed by atoms with E-state index in [-0.39, 0.29) is 11.6 Å². The van der Waals surface area contributed by atoms with Gasteiger partial charge < -0.3 is 15.7 Å². The molecule has 0 aliphatic heterocycles. The summed E-state index contributed by atoms with van der Waals surface area (Å²) in [7, 11) is 0. The van der Waals surface area contributed by atoms with Gasteiger partial charge in [-0.1, -0.05) is 6.07 Å². The fourth-order valence-corrected chi connectivity index (χ4v) is 1.80. The van der Waals surface area contributed by atoms with E-state index < -0.39 is 0 Å². The summed E-state index contributed by atoms with van der Waals surface area (Å²) >= 11 is 5.13. The maximum Gasteiger partial charge on any atom is 0.175 e. The minimum Gasteiger partial charge on any atom is -0.506 e. The summed E-state index contributed by atoms with van der Waals surface area (Å²) in [6.07, 6.45) is 0. The smallest absolute Gasteiger partial charge is 0.175 e. The van der Waals surface area contributed by atoms with Crippen LogP contribution in [0.25, 0.3) is 0 Å². The Kier molecular flexibility index (Phi) is 3.97. The monoisotopic (exact) mass is 276 g/mol. The van der Waals surface area contributed by atoms with Gasteiger partial charge in [0.05, 0.1) is 5.69 Å². The van der Waals surface area contributed by atoms with Crippen LogP contribution in [0, 0.1) is 12.7 Å². The Morgan fingerprint density at radius 1 is 1.11 bits per heavy atom. The molecule has 0 unspecified atom stereocenters. The number of anilines is 2. The lowest BCUT2D eigenvalue weighted by molar-refractivity contribution is 0.478. The quantitative estimate of drug-likeness (QED) is 0.578. The third-order valence-corrected chi connectivity index (χ3v) is 2.71. The van der Waals surface area contributed by atoms with Crippen molar-refractivity contribution < 1.29 is 9.50 Å². The van der Waals surface area contributed by atoms with Crippen molar-refractivity contribution in [1.82, 2.24) is 0 Å². The number of phenols is 1. The largest absolute Gasteiger partial charge is 0.506 e.